The van der Waals surface area contributed by atoms with Crippen LogP contribution in [0.5, 0.6) is 0 Å². The zero-order valence-corrected chi connectivity index (χ0v) is 14.9. The van der Waals surface area contributed by atoms with E-state index in [2.05, 4.69) is 5.32 Å². The number of halogens is 1. The summed E-state index contributed by atoms with van der Waals surface area (Å²) in [5, 5.41) is 12.8. The molecule has 2 atom stereocenters. The number of benzene rings is 1. The Bertz CT molecular complexity index is 604. The number of aliphatic hydroxyl groups excluding tert-OH is 1. The summed E-state index contributed by atoms with van der Waals surface area (Å²) in [6.45, 7) is 2.28. The van der Waals surface area contributed by atoms with Gasteiger partial charge in [-0.15, -0.1) is 0 Å². The van der Waals surface area contributed by atoms with E-state index >= 15 is 0 Å². The summed E-state index contributed by atoms with van der Waals surface area (Å²) in [5.74, 6) is -0.177. The van der Waals surface area contributed by atoms with Gasteiger partial charge in [-0.2, -0.15) is 0 Å². The molecule has 0 aromatic heterocycles. The second-order valence-electron chi connectivity index (χ2n) is 7.28. The molecule has 2 amide bonds. The Balaban J connectivity index is 1.57. The van der Waals surface area contributed by atoms with Crippen LogP contribution in [-0.4, -0.2) is 48.8 Å². The van der Waals surface area contributed by atoms with Gasteiger partial charge in [0, 0.05) is 38.3 Å². The predicted molar refractivity (Wildman–Crippen MR) is 97.5 cm³/mol. The molecule has 2 N–H and O–H groups in total. The molecule has 0 radical (unpaired) electrons. The normalized spacial score (nSPS) is 23.6. The number of carbonyl (C=O) groups excluding carboxylic acids is 1. The maximum atomic E-state index is 14.3. The molecular weight excluding hydrogens is 321 g/mol. The van der Waals surface area contributed by atoms with Crippen molar-refractivity contribution in [3.05, 3.63) is 24.0 Å². The van der Waals surface area contributed by atoms with Gasteiger partial charge in [-0.1, -0.05) is 12.8 Å². The second kappa shape index (κ2) is 8.04. The third kappa shape index (κ3) is 4.42. The van der Waals surface area contributed by atoms with Crippen LogP contribution in [-0.2, 0) is 0 Å². The van der Waals surface area contributed by atoms with Crippen molar-refractivity contribution in [3.63, 3.8) is 0 Å². The fourth-order valence-corrected chi connectivity index (χ4v) is 3.85. The molecule has 5 nitrogen and oxygen atoms in total. The number of anilines is 2. The molecule has 25 heavy (non-hydrogen) atoms. The van der Waals surface area contributed by atoms with Crippen LogP contribution in [0.25, 0.3) is 0 Å². The lowest BCUT2D eigenvalue weighted by Gasteiger charge is -2.31. The monoisotopic (exact) mass is 349 g/mol. The molecule has 1 saturated heterocycles. The van der Waals surface area contributed by atoms with E-state index in [0.717, 1.165) is 51.6 Å². The molecule has 1 heterocycles. The summed E-state index contributed by atoms with van der Waals surface area (Å²) in [4.78, 5) is 16.0. The maximum absolute atomic E-state index is 14.3. The van der Waals surface area contributed by atoms with Gasteiger partial charge in [-0.25, -0.2) is 9.18 Å². The molecule has 6 heteroatoms. The fraction of sp³-hybridized carbons (Fsp3) is 0.632. The highest BCUT2D eigenvalue weighted by molar-refractivity contribution is 5.89. The van der Waals surface area contributed by atoms with Gasteiger partial charge in [0.25, 0.3) is 0 Å². The first kappa shape index (κ1) is 18.0. The molecule has 1 aromatic rings. The lowest BCUT2D eigenvalue weighted by atomic mass is 9.86. The van der Waals surface area contributed by atoms with Crippen LogP contribution in [0.15, 0.2) is 18.2 Å². The van der Waals surface area contributed by atoms with Gasteiger partial charge < -0.3 is 20.2 Å². The summed E-state index contributed by atoms with van der Waals surface area (Å²) in [5.41, 5.74) is 1.07. The van der Waals surface area contributed by atoms with Gasteiger partial charge in [0.2, 0.25) is 0 Å². The smallest absolute Gasteiger partial charge is 0.321 e. The van der Waals surface area contributed by atoms with Crippen molar-refractivity contribution in [1.29, 1.82) is 0 Å². The van der Waals surface area contributed by atoms with Gasteiger partial charge in [0.15, 0.2) is 0 Å². The number of nitrogens with zero attached hydrogens (tertiary/aromatic N) is 2. The highest BCUT2D eigenvalue weighted by Gasteiger charge is 2.25. The Kier molecular flexibility index (Phi) is 5.78. The molecule has 2 unspecified atom stereocenters. The van der Waals surface area contributed by atoms with Gasteiger partial charge in [0.05, 0.1) is 11.8 Å². The van der Waals surface area contributed by atoms with Crippen molar-refractivity contribution in [2.75, 3.05) is 36.9 Å². The number of hydrogen-bond acceptors (Lipinski definition) is 3. The van der Waals surface area contributed by atoms with Gasteiger partial charge in [-0.05, 0) is 43.9 Å². The summed E-state index contributed by atoms with van der Waals surface area (Å²) in [6.07, 6.45) is 5.75. The standard InChI is InChI=1S/C19H28FN3O2/c1-22(13-14-6-2-3-7-18(14)24)19(25)21-15-8-9-17(16(20)12-15)23-10-4-5-11-23/h8-9,12,14,18,24H,2-7,10-11,13H2,1H3,(H,21,25). The van der Waals surface area contributed by atoms with Gasteiger partial charge in [0.1, 0.15) is 5.82 Å². The number of aliphatic hydroxyl groups is 1. The van der Waals surface area contributed by atoms with E-state index in [1.807, 2.05) is 4.90 Å². The Morgan fingerprint density at radius 3 is 2.68 bits per heavy atom. The number of nitrogens with one attached hydrogen (secondary N) is 1. The van der Waals surface area contributed by atoms with Crippen molar-refractivity contribution in [3.8, 4) is 0 Å². The highest BCUT2D eigenvalue weighted by Crippen LogP contribution is 2.27. The average molecular weight is 349 g/mol. The van der Waals surface area contributed by atoms with Crippen molar-refractivity contribution >= 4 is 17.4 Å². The Morgan fingerprint density at radius 1 is 1.28 bits per heavy atom. The first-order valence-electron chi connectivity index (χ1n) is 9.29. The van der Waals surface area contributed by atoms with Gasteiger partial charge >= 0.3 is 6.03 Å². The van der Waals surface area contributed by atoms with E-state index in [0.29, 0.717) is 17.9 Å². The molecule has 1 aliphatic carbocycles. The predicted octanol–water partition coefficient (Wildman–Crippen LogP) is 3.44. The first-order valence-corrected chi connectivity index (χ1v) is 9.29. The molecule has 0 spiro atoms. The second-order valence-corrected chi connectivity index (χ2v) is 7.28. The molecule has 3 rings (SSSR count). The Morgan fingerprint density at radius 2 is 2.00 bits per heavy atom. The fourth-order valence-electron chi connectivity index (χ4n) is 3.85. The average Bonchev–Trinajstić information content (AvgIpc) is 3.11. The van der Waals surface area contributed by atoms with E-state index in [1.54, 1.807) is 24.1 Å². The molecule has 1 aromatic carbocycles. The van der Waals surface area contributed by atoms with Crippen LogP contribution in [0.4, 0.5) is 20.6 Å². The SMILES string of the molecule is CN(CC1CCCCC1O)C(=O)Nc1ccc(N2CCCC2)c(F)c1. The molecular formula is C19H28FN3O2. The zero-order chi connectivity index (χ0) is 17.8. The van der Waals surface area contributed by atoms with Crippen molar-refractivity contribution < 1.29 is 14.3 Å². The van der Waals surface area contributed by atoms with Crippen LogP contribution < -0.4 is 10.2 Å². The number of urea groups is 1. The lowest BCUT2D eigenvalue weighted by Crippen LogP contribution is -2.40. The van der Waals surface area contributed by atoms with Gasteiger partial charge in [-0.3, -0.25) is 0 Å². The largest absolute Gasteiger partial charge is 0.393 e. The summed E-state index contributed by atoms with van der Waals surface area (Å²) >= 11 is 0. The van der Waals surface area contributed by atoms with E-state index in [-0.39, 0.29) is 23.9 Å². The highest BCUT2D eigenvalue weighted by atomic mass is 19.1. The van der Waals surface area contributed by atoms with E-state index in [1.165, 1.54) is 6.07 Å². The Hall–Kier alpha value is -1.82. The molecule has 2 aliphatic rings. The minimum absolute atomic E-state index is 0.124. The van der Waals surface area contributed by atoms with Crippen LogP contribution in [0.3, 0.4) is 0 Å². The van der Waals surface area contributed by atoms with E-state index in [4.69, 9.17) is 0 Å². The minimum atomic E-state index is -0.332. The quantitative estimate of drug-likeness (QED) is 0.875. The van der Waals surface area contributed by atoms with Crippen LogP contribution >= 0.6 is 0 Å². The number of amides is 2. The molecule has 2 fully saturated rings. The van der Waals surface area contributed by atoms with Crippen molar-refractivity contribution in [2.24, 2.45) is 5.92 Å². The molecule has 1 saturated carbocycles. The number of hydrogen-bond donors (Lipinski definition) is 2. The lowest BCUT2D eigenvalue weighted by molar-refractivity contribution is 0.0575. The van der Waals surface area contributed by atoms with E-state index < -0.39 is 0 Å². The minimum Gasteiger partial charge on any atom is -0.393 e. The van der Waals surface area contributed by atoms with E-state index in [9.17, 15) is 14.3 Å². The number of carbonyl (C=O) groups is 1. The molecule has 138 valence electrons. The topological polar surface area (TPSA) is 55.8 Å². The number of rotatable bonds is 4. The summed E-state index contributed by atoms with van der Waals surface area (Å²) in [7, 11) is 1.71. The molecule has 0 bridgehead atoms. The van der Waals surface area contributed by atoms with Crippen LogP contribution in [0.2, 0.25) is 0 Å². The van der Waals surface area contributed by atoms with Crippen LogP contribution in [0, 0.1) is 11.7 Å². The van der Waals surface area contributed by atoms with Crippen molar-refractivity contribution in [2.45, 2.75) is 44.6 Å². The summed E-state index contributed by atoms with van der Waals surface area (Å²) < 4.78 is 14.3. The first-order chi connectivity index (χ1) is 12.0. The summed E-state index contributed by atoms with van der Waals surface area (Å²) in [6, 6.07) is 4.60. The maximum Gasteiger partial charge on any atom is 0.321 e. The Labute approximate surface area is 148 Å². The van der Waals surface area contributed by atoms with Crippen molar-refractivity contribution in [1.82, 2.24) is 4.90 Å². The van der Waals surface area contributed by atoms with Crippen LogP contribution in [0.1, 0.15) is 38.5 Å². The zero-order valence-electron chi connectivity index (χ0n) is 14.9. The molecule has 1 aliphatic heterocycles. The third-order valence-electron chi connectivity index (χ3n) is 5.37. The third-order valence-corrected chi connectivity index (χ3v) is 5.37.